The molecule has 3 rings (SSSR count). The number of fused-ring (bicyclic) bond motifs is 1. The van der Waals surface area contributed by atoms with Crippen LogP contribution in [0, 0.1) is 0 Å². The van der Waals surface area contributed by atoms with Crippen molar-refractivity contribution in [2.45, 2.75) is 10.3 Å². The fraction of sp³-hybridized carbons (Fsp3) is 0.0769. The molecule has 0 unspecified atom stereocenters. The number of nitrogens with one attached hydrogen (secondary N) is 1. The van der Waals surface area contributed by atoms with Crippen molar-refractivity contribution in [1.29, 1.82) is 0 Å². The van der Waals surface area contributed by atoms with Gasteiger partial charge in [-0.25, -0.2) is 0 Å². The van der Waals surface area contributed by atoms with Gasteiger partial charge >= 0.3 is 0 Å². The molecule has 0 aromatic heterocycles. The van der Waals surface area contributed by atoms with Crippen LogP contribution in [0.15, 0.2) is 47.4 Å². The van der Waals surface area contributed by atoms with Gasteiger partial charge in [-0.2, -0.15) is 0 Å². The van der Waals surface area contributed by atoms with E-state index in [4.69, 9.17) is 11.6 Å². The zero-order valence-electron chi connectivity index (χ0n) is 8.85. The molecule has 0 aliphatic carbocycles. The van der Waals surface area contributed by atoms with E-state index < -0.39 is 0 Å². The summed E-state index contributed by atoms with van der Waals surface area (Å²) >= 11 is 7.64. The maximum atomic E-state index is 9.86. The van der Waals surface area contributed by atoms with Crippen molar-refractivity contribution in [2.24, 2.45) is 0 Å². The standard InChI is InChI=1S/C13H10ClNOS/c14-8-5-6-11(16)9(7-8)13-15-10-3-1-2-4-12(10)17-13/h1-7,13,15-16H/t13-/m1/s1. The van der Waals surface area contributed by atoms with Gasteiger partial charge in [0.1, 0.15) is 11.1 Å². The minimum absolute atomic E-state index is 0.0195. The SMILES string of the molecule is Oc1ccc(Cl)cc1[C@@H]1Nc2ccccc2S1. The van der Waals surface area contributed by atoms with Crippen molar-refractivity contribution in [3.8, 4) is 5.75 Å². The topological polar surface area (TPSA) is 32.3 Å². The molecule has 1 heterocycles. The molecule has 86 valence electrons. The minimum Gasteiger partial charge on any atom is -0.508 e. The number of anilines is 1. The summed E-state index contributed by atoms with van der Waals surface area (Å²) in [5.74, 6) is 0.271. The van der Waals surface area contributed by atoms with Crippen LogP contribution in [-0.2, 0) is 0 Å². The number of benzene rings is 2. The van der Waals surface area contributed by atoms with Crippen LogP contribution >= 0.6 is 23.4 Å². The molecule has 1 aliphatic rings. The Morgan fingerprint density at radius 2 is 2.00 bits per heavy atom. The van der Waals surface area contributed by atoms with Gasteiger partial charge in [-0.3, -0.25) is 0 Å². The van der Waals surface area contributed by atoms with Crippen molar-refractivity contribution in [3.05, 3.63) is 53.1 Å². The van der Waals surface area contributed by atoms with Gasteiger partial charge in [0.2, 0.25) is 0 Å². The number of thioether (sulfide) groups is 1. The fourth-order valence-electron chi connectivity index (χ4n) is 1.86. The molecule has 17 heavy (non-hydrogen) atoms. The molecule has 2 aromatic rings. The third kappa shape index (κ3) is 1.96. The van der Waals surface area contributed by atoms with E-state index in [1.165, 1.54) is 4.90 Å². The largest absolute Gasteiger partial charge is 0.508 e. The summed E-state index contributed by atoms with van der Waals surface area (Å²) in [4.78, 5) is 1.19. The molecule has 2 nitrogen and oxygen atoms in total. The summed E-state index contributed by atoms with van der Waals surface area (Å²) in [5.41, 5.74) is 1.92. The fourth-order valence-corrected chi connectivity index (χ4v) is 3.21. The average molecular weight is 264 g/mol. The molecular weight excluding hydrogens is 254 g/mol. The third-order valence-electron chi connectivity index (χ3n) is 2.69. The Labute approximate surface area is 109 Å². The Bertz CT molecular complexity index is 548. The van der Waals surface area contributed by atoms with Gasteiger partial charge in [-0.1, -0.05) is 35.5 Å². The first-order chi connectivity index (χ1) is 8.24. The number of para-hydroxylation sites is 1. The molecule has 0 saturated heterocycles. The Hall–Kier alpha value is -1.32. The predicted octanol–water partition coefficient (Wildman–Crippen LogP) is 4.26. The highest BCUT2D eigenvalue weighted by atomic mass is 35.5. The van der Waals surface area contributed by atoms with Gasteiger partial charge in [-0.05, 0) is 30.3 Å². The van der Waals surface area contributed by atoms with Crippen LogP contribution in [0.4, 0.5) is 5.69 Å². The van der Waals surface area contributed by atoms with Crippen LogP contribution in [0.1, 0.15) is 10.9 Å². The highest BCUT2D eigenvalue weighted by Crippen LogP contribution is 2.48. The number of halogens is 1. The van der Waals surface area contributed by atoms with Gasteiger partial charge in [0.05, 0.1) is 0 Å². The molecule has 0 radical (unpaired) electrons. The van der Waals surface area contributed by atoms with Crippen molar-refractivity contribution in [3.63, 3.8) is 0 Å². The molecule has 2 aromatic carbocycles. The zero-order valence-corrected chi connectivity index (χ0v) is 10.4. The van der Waals surface area contributed by atoms with E-state index in [1.54, 1.807) is 30.0 Å². The van der Waals surface area contributed by atoms with E-state index in [0.717, 1.165) is 11.3 Å². The Kier molecular flexibility index (Phi) is 2.65. The van der Waals surface area contributed by atoms with E-state index in [0.29, 0.717) is 5.02 Å². The maximum absolute atomic E-state index is 9.86. The lowest BCUT2D eigenvalue weighted by atomic mass is 10.2. The van der Waals surface area contributed by atoms with Crippen molar-refractivity contribution < 1.29 is 5.11 Å². The number of phenols is 1. The Balaban J connectivity index is 1.96. The summed E-state index contributed by atoms with van der Waals surface area (Å²) in [6.07, 6.45) is 0. The van der Waals surface area contributed by atoms with E-state index >= 15 is 0 Å². The number of hydrogen-bond acceptors (Lipinski definition) is 3. The second kappa shape index (κ2) is 4.17. The normalized spacial score (nSPS) is 17.6. The van der Waals surface area contributed by atoms with Gasteiger partial charge in [-0.15, -0.1) is 0 Å². The second-order valence-electron chi connectivity index (χ2n) is 3.84. The summed E-state index contributed by atoms with van der Waals surface area (Å²) in [7, 11) is 0. The Morgan fingerprint density at radius 3 is 2.82 bits per heavy atom. The molecule has 0 amide bonds. The summed E-state index contributed by atoms with van der Waals surface area (Å²) in [6, 6.07) is 13.2. The number of hydrogen-bond donors (Lipinski definition) is 2. The van der Waals surface area contributed by atoms with E-state index in [9.17, 15) is 5.11 Å². The quantitative estimate of drug-likeness (QED) is 0.806. The monoisotopic (exact) mass is 263 g/mol. The molecule has 4 heteroatoms. The maximum Gasteiger partial charge on any atom is 0.121 e. The summed E-state index contributed by atoms with van der Waals surface area (Å²) < 4.78 is 0. The molecule has 0 saturated carbocycles. The number of rotatable bonds is 1. The summed E-state index contributed by atoms with van der Waals surface area (Å²) in [5, 5.41) is 13.9. The van der Waals surface area contributed by atoms with E-state index in [1.807, 2.05) is 18.2 Å². The van der Waals surface area contributed by atoms with Crippen molar-refractivity contribution in [2.75, 3.05) is 5.32 Å². The smallest absolute Gasteiger partial charge is 0.121 e. The molecule has 2 N–H and O–H groups in total. The first-order valence-corrected chi connectivity index (χ1v) is 6.50. The van der Waals surface area contributed by atoms with Crippen LogP contribution in [0.2, 0.25) is 5.02 Å². The number of aromatic hydroxyl groups is 1. The van der Waals surface area contributed by atoms with Gasteiger partial charge in [0, 0.05) is 21.2 Å². The average Bonchev–Trinajstić information content (AvgIpc) is 2.75. The van der Waals surface area contributed by atoms with Crippen LogP contribution in [0.25, 0.3) is 0 Å². The van der Waals surface area contributed by atoms with Gasteiger partial charge in [0.15, 0.2) is 0 Å². The van der Waals surface area contributed by atoms with Crippen LogP contribution in [-0.4, -0.2) is 5.11 Å². The van der Waals surface area contributed by atoms with Crippen LogP contribution < -0.4 is 5.32 Å². The lowest BCUT2D eigenvalue weighted by Crippen LogP contribution is -2.01. The highest BCUT2D eigenvalue weighted by molar-refractivity contribution is 8.00. The minimum atomic E-state index is 0.0195. The molecule has 0 bridgehead atoms. The molecular formula is C13H10ClNOS. The summed E-state index contributed by atoms with van der Waals surface area (Å²) in [6.45, 7) is 0. The third-order valence-corrected chi connectivity index (χ3v) is 4.14. The Morgan fingerprint density at radius 1 is 1.18 bits per heavy atom. The zero-order chi connectivity index (χ0) is 11.8. The second-order valence-corrected chi connectivity index (χ2v) is 5.42. The molecule has 0 spiro atoms. The molecule has 0 fully saturated rings. The molecule has 1 aliphatic heterocycles. The lowest BCUT2D eigenvalue weighted by molar-refractivity contribution is 0.469. The van der Waals surface area contributed by atoms with Crippen molar-refractivity contribution >= 4 is 29.1 Å². The predicted molar refractivity (Wildman–Crippen MR) is 71.8 cm³/mol. The van der Waals surface area contributed by atoms with Crippen LogP contribution in [0.3, 0.4) is 0 Å². The van der Waals surface area contributed by atoms with Crippen molar-refractivity contribution in [1.82, 2.24) is 0 Å². The lowest BCUT2D eigenvalue weighted by Gasteiger charge is -2.12. The number of phenolic OH excluding ortho intramolecular Hbond substituents is 1. The van der Waals surface area contributed by atoms with E-state index in [-0.39, 0.29) is 11.1 Å². The highest BCUT2D eigenvalue weighted by Gasteiger charge is 2.24. The van der Waals surface area contributed by atoms with E-state index in [2.05, 4.69) is 11.4 Å². The van der Waals surface area contributed by atoms with Gasteiger partial charge < -0.3 is 10.4 Å². The first-order valence-electron chi connectivity index (χ1n) is 5.25. The molecule has 1 atom stereocenters. The van der Waals surface area contributed by atoms with Crippen LogP contribution in [0.5, 0.6) is 5.75 Å². The first kappa shape index (κ1) is 10.8. The van der Waals surface area contributed by atoms with Gasteiger partial charge in [0.25, 0.3) is 0 Å².